The zero-order chi connectivity index (χ0) is 5.98. The molecule has 1 rings (SSSR count). The molecule has 1 saturated heterocycles. The molecular weight excluding hydrogens is 111 g/mol. The van der Waals surface area contributed by atoms with Crippen molar-refractivity contribution in [2.75, 3.05) is 13.2 Å². The monoisotopic (exact) mass is 118 g/mol. The van der Waals surface area contributed by atoms with E-state index in [4.69, 9.17) is 0 Å². The van der Waals surface area contributed by atoms with Crippen LogP contribution in [0.2, 0.25) is 0 Å². The van der Waals surface area contributed by atoms with Gasteiger partial charge in [0.1, 0.15) is 0 Å². The van der Waals surface area contributed by atoms with E-state index in [1.54, 1.807) is 0 Å². The van der Waals surface area contributed by atoms with E-state index in [0.717, 1.165) is 0 Å². The van der Waals surface area contributed by atoms with Gasteiger partial charge in [0.05, 0.1) is 13.2 Å². The Bertz CT molecular complexity index is 103. The average Bonchev–Trinajstić information content (AvgIpc) is 1.77. The summed E-state index contributed by atoms with van der Waals surface area (Å²) < 4.78 is 16.8. The Morgan fingerprint density at radius 2 is 2.50 bits per heavy atom. The Morgan fingerprint density at radius 1 is 1.75 bits per heavy atom. The van der Waals surface area contributed by atoms with E-state index in [0.29, 0.717) is 6.61 Å². The lowest BCUT2D eigenvalue weighted by Gasteiger charge is -2.12. The van der Waals surface area contributed by atoms with Gasteiger partial charge in [0.25, 0.3) is 0 Å². The molecule has 0 spiro atoms. The van der Waals surface area contributed by atoms with E-state index in [-0.39, 0.29) is 18.8 Å². The third kappa shape index (κ3) is 1.04. The summed E-state index contributed by atoms with van der Waals surface area (Å²) in [5, 5.41) is 0. The largest absolute Gasteiger partial charge is 0.377 e. The Kier molecular flexibility index (Phi) is 1.58. The molecule has 0 amide bonds. The van der Waals surface area contributed by atoms with Gasteiger partial charge >= 0.3 is 0 Å². The zero-order valence-corrected chi connectivity index (χ0v) is 4.39. The summed E-state index contributed by atoms with van der Waals surface area (Å²) in [5.74, 6) is -0.323. The van der Waals surface area contributed by atoms with Gasteiger partial charge in [-0.05, 0) is 0 Å². The third-order valence-electron chi connectivity index (χ3n) is 1.11. The molecule has 1 atom stereocenters. The molecule has 0 aromatic rings. The van der Waals surface area contributed by atoms with Crippen molar-refractivity contribution in [1.82, 2.24) is 0 Å². The van der Waals surface area contributed by atoms with Crippen LogP contribution in [0, 0.1) is 0 Å². The van der Waals surface area contributed by atoms with Gasteiger partial charge in [0.15, 0.2) is 12.0 Å². The minimum Gasteiger partial charge on any atom is -0.377 e. The molecule has 0 aromatic carbocycles. The molecule has 0 unspecified atom stereocenters. The maximum atomic E-state index is 12.1. The number of rotatable bonds is 0. The normalized spacial score (nSPS) is 30.6. The SMILES string of the molecule is O=C1CCOC[C@@H]1F. The number of alkyl halides is 1. The van der Waals surface area contributed by atoms with Crippen LogP contribution in [0.5, 0.6) is 0 Å². The van der Waals surface area contributed by atoms with Crippen molar-refractivity contribution in [3.8, 4) is 0 Å². The number of Topliss-reactive ketones (excluding diaryl/α,β-unsaturated/α-hetero) is 1. The summed E-state index contributed by atoms with van der Waals surface area (Å²) >= 11 is 0. The van der Waals surface area contributed by atoms with Crippen LogP contribution in [0.4, 0.5) is 4.39 Å². The van der Waals surface area contributed by atoms with Gasteiger partial charge in [-0.25, -0.2) is 4.39 Å². The second-order valence-corrected chi connectivity index (χ2v) is 1.76. The van der Waals surface area contributed by atoms with Crippen LogP contribution in [0.1, 0.15) is 6.42 Å². The Morgan fingerprint density at radius 3 is 2.88 bits per heavy atom. The molecule has 0 aromatic heterocycles. The Hall–Kier alpha value is -0.440. The fraction of sp³-hybridized carbons (Fsp3) is 0.800. The first-order valence-corrected chi connectivity index (χ1v) is 2.55. The molecule has 1 heterocycles. The van der Waals surface area contributed by atoms with E-state index in [9.17, 15) is 9.18 Å². The summed E-state index contributed by atoms with van der Waals surface area (Å²) in [4.78, 5) is 10.3. The van der Waals surface area contributed by atoms with E-state index in [2.05, 4.69) is 4.74 Å². The second kappa shape index (κ2) is 2.22. The lowest BCUT2D eigenvalue weighted by atomic mass is 10.2. The molecule has 8 heavy (non-hydrogen) atoms. The van der Waals surface area contributed by atoms with Crippen molar-refractivity contribution in [3.63, 3.8) is 0 Å². The Labute approximate surface area is 46.6 Å². The number of hydrogen-bond acceptors (Lipinski definition) is 2. The van der Waals surface area contributed by atoms with Crippen molar-refractivity contribution < 1.29 is 13.9 Å². The number of hydrogen-bond donors (Lipinski definition) is 0. The topological polar surface area (TPSA) is 26.3 Å². The number of ether oxygens (including phenoxy) is 1. The van der Waals surface area contributed by atoms with Crippen LogP contribution < -0.4 is 0 Å². The molecule has 2 nitrogen and oxygen atoms in total. The van der Waals surface area contributed by atoms with Crippen LogP contribution in [-0.4, -0.2) is 25.2 Å². The quantitative estimate of drug-likeness (QED) is 0.457. The van der Waals surface area contributed by atoms with E-state index < -0.39 is 6.17 Å². The highest BCUT2D eigenvalue weighted by atomic mass is 19.1. The third-order valence-corrected chi connectivity index (χ3v) is 1.11. The van der Waals surface area contributed by atoms with Gasteiger partial charge in [-0.15, -0.1) is 0 Å². The van der Waals surface area contributed by atoms with E-state index in [1.807, 2.05) is 0 Å². The lowest BCUT2D eigenvalue weighted by molar-refractivity contribution is -0.131. The first-order chi connectivity index (χ1) is 3.80. The highest BCUT2D eigenvalue weighted by molar-refractivity contribution is 5.83. The molecule has 0 bridgehead atoms. The Balaban J connectivity index is 2.39. The van der Waals surface area contributed by atoms with E-state index >= 15 is 0 Å². The minimum absolute atomic E-state index is 0.0428. The summed E-state index contributed by atoms with van der Waals surface area (Å²) in [7, 11) is 0. The predicted molar refractivity (Wildman–Crippen MR) is 25.3 cm³/mol. The second-order valence-electron chi connectivity index (χ2n) is 1.76. The van der Waals surface area contributed by atoms with Gasteiger partial charge in [-0.3, -0.25) is 4.79 Å². The molecular formula is C5H7FO2. The van der Waals surface area contributed by atoms with Crippen molar-refractivity contribution in [2.24, 2.45) is 0 Å². The first kappa shape index (κ1) is 5.69. The molecule has 0 saturated carbocycles. The van der Waals surface area contributed by atoms with Crippen molar-refractivity contribution in [2.45, 2.75) is 12.6 Å². The fourth-order valence-corrected chi connectivity index (χ4v) is 0.609. The van der Waals surface area contributed by atoms with Crippen molar-refractivity contribution >= 4 is 5.78 Å². The maximum absolute atomic E-state index is 12.1. The highest BCUT2D eigenvalue weighted by Crippen LogP contribution is 2.04. The summed E-state index contributed by atoms with van der Waals surface area (Å²) in [5.41, 5.74) is 0. The van der Waals surface area contributed by atoms with Crippen molar-refractivity contribution in [1.29, 1.82) is 0 Å². The van der Waals surface area contributed by atoms with Crippen LogP contribution >= 0.6 is 0 Å². The van der Waals surface area contributed by atoms with Gasteiger partial charge < -0.3 is 4.74 Å². The maximum Gasteiger partial charge on any atom is 0.181 e. The summed E-state index contributed by atoms with van der Waals surface area (Å²) in [6.45, 7) is 0.345. The molecule has 1 aliphatic heterocycles. The van der Waals surface area contributed by atoms with Gasteiger partial charge in [-0.1, -0.05) is 0 Å². The molecule has 3 heteroatoms. The fourth-order valence-electron chi connectivity index (χ4n) is 0.609. The van der Waals surface area contributed by atoms with E-state index in [1.165, 1.54) is 0 Å². The highest BCUT2D eigenvalue weighted by Gasteiger charge is 2.20. The van der Waals surface area contributed by atoms with Gasteiger partial charge in [0.2, 0.25) is 0 Å². The van der Waals surface area contributed by atoms with Gasteiger partial charge in [-0.2, -0.15) is 0 Å². The average molecular weight is 118 g/mol. The molecule has 1 aliphatic rings. The number of carbonyl (C=O) groups is 1. The van der Waals surface area contributed by atoms with Crippen LogP contribution in [0.3, 0.4) is 0 Å². The predicted octanol–water partition coefficient (Wildman–Crippen LogP) is 0.314. The first-order valence-electron chi connectivity index (χ1n) is 2.55. The van der Waals surface area contributed by atoms with Crippen LogP contribution in [-0.2, 0) is 9.53 Å². The lowest BCUT2D eigenvalue weighted by Crippen LogP contribution is -2.28. The molecule has 1 fully saturated rings. The molecule has 46 valence electrons. The summed E-state index contributed by atoms with van der Waals surface area (Å²) in [6.07, 6.45) is -1.12. The molecule has 0 N–H and O–H groups in total. The molecule has 0 aliphatic carbocycles. The zero-order valence-electron chi connectivity index (χ0n) is 4.39. The molecule has 0 radical (unpaired) electrons. The van der Waals surface area contributed by atoms with Crippen molar-refractivity contribution in [3.05, 3.63) is 0 Å². The smallest absolute Gasteiger partial charge is 0.181 e. The number of halogens is 1. The van der Waals surface area contributed by atoms with Gasteiger partial charge in [0, 0.05) is 6.42 Å². The summed E-state index contributed by atoms with van der Waals surface area (Å²) in [6, 6.07) is 0. The number of carbonyl (C=O) groups excluding carboxylic acids is 1. The standard InChI is InChI=1S/C5H7FO2/c6-4-3-8-2-1-5(4)7/h4H,1-3H2/t4-/m0/s1. The number of ketones is 1. The van der Waals surface area contributed by atoms with Crippen LogP contribution in [0.25, 0.3) is 0 Å². The minimum atomic E-state index is -1.36. The van der Waals surface area contributed by atoms with Crippen LogP contribution in [0.15, 0.2) is 0 Å².